The quantitative estimate of drug-likeness (QED) is 0.122. The second-order valence-corrected chi connectivity index (χ2v) is 11.4. The largest absolute Gasteiger partial charge is 0.506 e. The molecule has 0 radical (unpaired) electrons. The van der Waals surface area contributed by atoms with Gasteiger partial charge in [0.05, 0.1) is 11.2 Å². The SMILES string of the molecule is CNc1c(O)ccc(CCNCc2cc3nnn(CCCN(C)C4CCCCC4)c3c3c2CCC3)c1/C=C\C=O. The van der Waals surface area contributed by atoms with Gasteiger partial charge in [-0.15, -0.1) is 5.10 Å². The number of anilines is 1. The summed E-state index contributed by atoms with van der Waals surface area (Å²) in [5, 5.41) is 26.1. The van der Waals surface area contributed by atoms with Gasteiger partial charge >= 0.3 is 0 Å². The minimum atomic E-state index is 0.179. The number of aldehydes is 1. The average Bonchev–Trinajstić information content (AvgIpc) is 3.62. The number of aryl methyl sites for hydroxylation is 2. The van der Waals surface area contributed by atoms with Gasteiger partial charge in [0.1, 0.15) is 17.6 Å². The molecule has 1 saturated carbocycles. The maximum absolute atomic E-state index is 10.9. The zero-order valence-electron chi connectivity index (χ0n) is 24.1. The molecule has 0 aliphatic heterocycles. The van der Waals surface area contributed by atoms with Crippen molar-refractivity contribution >= 4 is 29.1 Å². The molecule has 3 aromatic rings. The van der Waals surface area contributed by atoms with Crippen LogP contribution in [0.2, 0.25) is 0 Å². The number of fused-ring (bicyclic) bond motifs is 3. The lowest BCUT2D eigenvalue weighted by Crippen LogP contribution is -2.34. The van der Waals surface area contributed by atoms with Gasteiger partial charge in [-0.3, -0.25) is 4.79 Å². The van der Waals surface area contributed by atoms with Crippen molar-refractivity contribution in [2.45, 2.75) is 83.3 Å². The van der Waals surface area contributed by atoms with Crippen LogP contribution >= 0.6 is 0 Å². The predicted octanol–water partition coefficient (Wildman–Crippen LogP) is 4.87. The predicted molar refractivity (Wildman–Crippen MR) is 162 cm³/mol. The Morgan fingerprint density at radius 3 is 2.75 bits per heavy atom. The third-order valence-electron chi connectivity index (χ3n) is 8.83. The fraction of sp³-hybridized carbons (Fsp3) is 0.531. The Hall–Kier alpha value is -3.23. The maximum atomic E-state index is 10.9. The first-order valence-corrected chi connectivity index (χ1v) is 15.0. The van der Waals surface area contributed by atoms with Crippen LogP contribution < -0.4 is 10.6 Å². The molecule has 2 aliphatic rings. The van der Waals surface area contributed by atoms with Gasteiger partial charge in [0.25, 0.3) is 0 Å². The molecule has 1 fully saturated rings. The van der Waals surface area contributed by atoms with E-state index in [0.717, 1.165) is 80.8 Å². The van der Waals surface area contributed by atoms with Crippen molar-refractivity contribution < 1.29 is 9.90 Å². The summed E-state index contributed by atoms with van der Waals surface area (Å²) < 4.78 is 2.16. The van der Waals surface area contributed by atoms with E-state index in [1.807, 2.05) is 6.07 Å². The van der Waals surface area contributed by atoms with Crippen molar-refractivity contribution in [3.8, 4) is 5.75 Å². The number of nitrogens with one attached hydrogen (secondary N) is 2. The van der Waals surface area contributed by atoms with Crippen molar-refractivity contribution in [1.82, 2.24) is 25.2 Å². The summed E-state index contributed by atoms with van der Waals surface area (Å²) >= 11 is 0. The van der Waals surface area contributed by atoms with Gasteiger partial charge in [-0.1, -0.05) is 30.5 Å². The lowest BCUT2D eigenvalue weighted by molar-refractivity contribution is -0.104. The Morgan fingerprint density at radius 2 is 1.95 bits per heavy atom. The van der Waals surface area contributed by atoms with E-state index in [9.17, 15) is 9.90 Å². The van der Waals surface area contributed by atoms with Crippen LogP contribution in [0, 0.1) is 0 Å². The first kappa shape index (κ1) is 28.3. The van der Waals surface area contributed by atoms with Crippen molar-refractivity contribution in [1.29, 1.82) is 0 Å². The van der Waals surface area contributed by atoms with Crippen LogP contribution in [-0.2, 0) is 37.1 Å². The van der Waals surface area contributed by atoms with E-state index >= 15 is 0 Å². The molecule has 5 rings (SSSR count). The molecule has 1 heterocycles. The third-order valence-corrected chi connectivity index (χ3v) is 8.83. The number of allylic oxidation sites excluding steroid dienone is 1. The molecule has 0 atom stereocenters. The molecule has 40 heavy (non-hydrogen) atoms. The van der Waals surface area contributed by atoms with E-state index in [-0.39, 0.29) is 5.75 Å². The molecule has 3 N–H and O–H groups in total. The lowest BCUT2D eigenvalue weighted by atomic mass is 9.94. The summed E-state index contributed by atoms with van der Waals surface area (Å²) in [6.07, 6.45) is 16.1. The highest BCUT2D eigenvalue weighted by atomic mass is 16.3. The molecule has 0 amide bonds. The zero-order chi connectivity index (χ0) is 27.9. The van der Waals surface area contributed by atoms with Crippen LogP contribution in [-0.4, -0.2) is 64.5 Å². The molecule has 8 nitrogen and oxygen atoms in total. The van der Waals surface area contributed by atoms with E-state index in [0.29, 0.717) is 5.69 Å². The van der Waals surface area contributed by atoms with Crippen LogP contribution in [0.1, 0.15) is 72.8 Å². The molecule has 1 aromatic heterocycles. The van der Waals surface area contributed by atoms with E-state index in [1.54, 1.807) is 19.2 Å². The molecule has 0 saturated heterocycles. The topological polar surface area (TPSA) is 95.3 Å². The average molecular weight is 545 g/mol. The fourth-order valence-corrected chi connectivity index (χ4v) is 6.74. The number of hydrogen-bond acceptors (Lipinski definition) is 7. The van der Waals surface area contributed by atoms with E-state index < -0.39 is 0 Å². The van der Waals surface area contributed by atoms with Crippen LogP contribution in [0.25, 0.3) is 17.1 Å². The Morgan fingerprint density at radius 1 is 1.12 bits per heavy atom. The summed E-state index contributed by atoms with van der Waals surface area (Å²) in [5.41, 5.74) is 9.06. The van der Waals surface area contributed by atoms with E-state index in [2.05, 4.69) is 43.6 Å². The third kappa shape index (κ3) is 6.23. The van der Waals surface area contributed by atoms with Gasteiger partial charge in [0.15, 0.2) is 0 Å². The summed E-state index contributed by atoms with van der Waals surface area (Å²) in [6.45, 7) is 3.59. The zero-order valence-corrected chi connectivity index (χ0v) is 24.1. The Balaban J connectivity index is 1.22. The van der Waals surface area contributed by atoms with Crippen LogP contribution in [0.3, 0.4) is 0 Å². The summed E-state index contributed by atoms with van der Waals surface area (Å²) in [7, 11) is 4.06. The highest BCUT2D eigenvalue weighted by Crippen LogP contribution is 2.33. The molecule has 214 valence electrons. The number of benzene rings is 2. The van der Waals surface area contributed by atoms with Crippen molar-refractivity contribution in [2.75, 3.05) is 32.5 Å². The number of phenolic OH excluding ortho intramolecular Hbond substituents is 1. The Kier molecular flexibility index (Phi) is 9.49. The molecule has 2 aliphatic carbocycles. The maximum Gasteiger partial charge on any atom is 0.142 e. The number of nitrogens with zero attached hydrogens (tertiary/aromatic N) is 4. The van der Waals surface area contributed by atoms with E-state index in [4.69, 9.17) is 0 Å². The number of aromatic nitrogens is 3. The van der Waals surface area contributed by atoms with Gasteiger partial charge in [-0.2, -0.15) is 0 Å². The van der Waals surface area contributed by atoms with Crippen LogP contribution in [0.4, 0.5) is 5.69 Å². The number of hydrogen-bond donors (Lipinski definition) is 3. The standard InChI is InChI=1S/C32H44N6O2/c1-33-31-27(13-7-20-39)23(14-15-30(31)40)16-17-34-22-24-21-29-32(28-12-6-11-26(24)28)38(36-35-29)19-8-18-37(2)25-9-4-3-5-10-25/h7,13-15,20-21,25,33-34,40H,3-6,8-12,16-19,22H2,1-2H3/b13-7-. The molecule has 8 heteroatoms. The first-order chi connectivity index (χ1) is 19.6. The highest BCUT2D eigenvalue weighted by Gasteiger charge is 2.23. The molecular formula is C32H44N6O2. The normalized spacial score (nSPS) is 15.9. The summed E-state index contributed by atoms with van der Waals surface area (Å²) in [6, 6.07) is 6.62. The van der Waals surface area contributed by atoms with Gasteiger partial charge in [-0.05, 0) is 112 Å². The van der Waals surface area contributed by atoms with Gasteiger partial charge < -0.3 is 20.6 Å². The second-order valence-electron chi connectivity index (χ2n) is 11.4. The van der Waals surface area contributed by atoms with Gasteiger partial charge in [0.2, 0.25) is 0 Å². The van der Waals surface area contributed by atoms with Crippen LogP contribution in [0.5, 0.6) is 5.75 Å². The van der Waals surface area contributed by atoms with Crippen LogP contribution in [0.15, 0.2) is 24.3 Å². The summed E-state index contributed by atoms with van der Waals surface area (Å²) in [4.78, 5) is 13.5. The molecule has 0 spiro atoms. The van der Waals surface area contributed by atoms with E-state index in [1.165, 1.54) is 66.8 Å². The minimum Gasteiger partial charge on any atom is -0.506 e. The van der Waals surface area contributed by atoms with Gasteiger partial charge in [0, 0.05) is 31.7 Å². The molecule has 2 aromatic carbocycles. The van der Waals surface area contributed by atoms with Crippen molar-refractivity contribution in [2.24, 2.45) is 0 Å². The number of carbonyl (C=O) groups excluding carboxylic acids is 1. The number of rotatable bonds is 13. The number of carbonyl (C=O) groups is 1. The number of phenols is 1. The first-order valence-electron chi connectivity index (χ1n) is 15.0. The fourth-order valence-electron chi connectivity index (χ4n) is 6.74. The summed E-state index contributed by atoms with van der Waals surface area (Å²) in [5.74, 6) is 0.179. The Bertz CT molecular complexity index is 1340. The number of aromatic hydroxyl groups is 1. The monoisotopic (exact) mass is 544 g/mol. The molecule has 0 bridgehead atoms. The molecule has 0 unspecified atom stereocenters. The lowest BCUT2D eigenvalue weighted by Gasteiger charge is -2.31. The van der Waals surface area contributed by atoms with Gasteiger partial charge in [-0.25, -0.2) is 4.68 Å². The second kappa shape index (κ2) is 13.4. The molecular weight excluding hydrogens is 500 g/mol. The highest BCUT2D eigenvalue weighted by molar-refractivity contribution is 5.82. The Labute approximate surface area is 237 Å². The van der Waals surface area contributed by atoms with Crippen molar-refractivity contribution in [3.05, 3.63) is 52.1 Å². The smallest absolute Gasteiger partial charge is 0.142 e. The minimum absolute atomic E-state index is 0.179. The van der Waals surface area contributed by atoms with Crippen molar-refractivity contribution in [3.63, 3.8) is 0 Å².